The molecule has 3 rings (SSSR count). The molecule has 142 valence electrons. The van der Waals surface area contributed by atoms with Crippen molar-refractivity contribution in [1.29, 1.82) is 0 Å². The van der Waals surface area contributed by atoms with Crippen LogP contribution in [0, 0.1) is 12.8 Å². The maximum Gasteiger partial charge on any atom is 0.365 e. The number of H-pyrrole nitrogens is 1. The van der Waals surface area contributed by atoms with Crippen molar-refractivity contribution in [2.75, 3.05) is 13.7 Å². The van der Waals surface area contributed by atoms with Gasteiger partial charge in [-0.15, -0.1) is 0 Å². The van der Waals surface area contributed by atoms with Gasteiger partial charge in [-0.1, -0.05) is 13.8 Å². The quantitative estimate of drug-likeness (QED) is 0.682. The largest absolute Gasteiger partial charge is 0.495 e. The Morgan fingerprint density at radius 3 is 2.63 bits per heavy atom. The Labute approximate surface area is 156 Å². The fourth-order valence-electron chi connectivity index (χ4n) is 2.62. The van der Waals surface area contributed by atoms with E-state index in [1.54, 1.807) is 26.4 Å². The zero-order valence-corrected chi connectivity index (χ0v) is 15.7. The molecule has 0 saturated heterocycles. The summed E-state index contributed by atoms with van der Waals surface area (Å²) in [5, 5.41) is 2.44. The topological polar surface area (TPSA) is 103 Å². The van der Waals surface area contributed by atoms with Gasteiger partial charge in [0.25, 0.3) is 0 Å². The summed E-state index contributed by atoms with van der Waals surface area (Å²) < 4.78 is 15.8. The van der Waals surface area contributed by atoms with E-state index in [0.29, 0.717) is 29.4 Å². The van der Waals surface area contributed by atoms with Crippen LogP contribution in [0.2, 0.25) is 0 Å². The van der Waals surface area contributed by atoms with Crippen LogP contribution in [0.4, 0.5) is 0 Å². The van der Waals surface area contributed by atoms with E-state index >= 15 is 0 Å². The minimum atomic E-state index is -0.490. The first-order valence-electron chi connectivity index (χ1n) is 8.63. The predicted molar refractivity (Wildman–Crippen MR) is 99.0 cm³/mol. The lowest BCUT2D eigenvalue weighted by Crippen LogP contribution is -2.17. The minimum absolute atomic E-state index is 0.164. The number of nitrogens with zero attached hydrogens (tertiary/aromatic N) is 3. The molecule has 8 heteroatoms. The highest BCUT2D eigenvalue weighted by atomic mass is 16.5. The van der Waals surface area contributed by atoms with Crippen molar-refractivity contribution in [3.05, 3.63) is 52.7 Å². The number of aryl methyl sites for hydroxylation is 1. The molecule has 0 unspecified atom stereocenters. The van der Waals surface area contributed by atoms with Crippen molar-refractivity contribution in [2.45, 2.75) is 26.7 Å². The molecule has 8 nitrogen and oxygen atoms in total. The first-order chi connectivity index (χ1) is 13.0. The normalized spacial score (nSPS) is 13.2. The van der Waals surface area contributed by atoms with Crippen molar-refractivity contribution in [3.8, 4) is 22.8 Å². The number of rotatable bonds is 7. The second-order valence-corrected chi connectivity index (χ2v) is 6.40. The summed E-state index contributed by atoms with van der Waals surface area (Å²) in [6, 6.07) is 3.84. The van der Waals surface area contributed by atoms with E-state index in [1.807, 2.05) is 12.1 Å². The van der Waals surface area contributed by atoms with Crippen LogP contribution in [0.25, 0.3) is 11.1 Å². The third-order valence-corrected chi connectivity index (χ3v) is 4.54. The Bertz CT molecular complexity index is 949. The monoisotopic (exact) mass is 370 g/mol. The third-order valence-electron chi connectivity index (χ3n) is 4.54. The first-order valence-corrected chi connectivity index (χ1v) is 8.63. The van der Waals surface area contributed by atoms with E-state index in [2.05, 4.69) is 34.0 Å². The van der Waals surface area contributed by atoms with Crippen LogP contribution < -0.4 is 15.1 Å². The molecule has 0 amide bonds. The molecule has 0 fully saturated rings. The molecular formula is C19H22N4O4. The lowest BCUT2D eigenvalue weighted by molar-refractivity contribution is 0.233. The molecule has 0 bridgehead atoms. The van der Waals surface area contributed by atoms with Crippen LogP contribution in [-0.4, -0.2) is 33.8 Å². The van der Waals surface area contributed by atoms with E-state index in [9.17, 15) is 4.79 Å². The molecule has 0 aliphatic rings. The van der Waals surface area contributed by atoms with Gasteiger partial charge in [-0.25, -0.2) is 14.9 Å². The maximum atomic E-state index is 11.8. The van der Waals surface area contributed by atoms with Gasteiger partial charge in [0.15, 0.2) is 0 Å². The summed E-state index contributed by atoms with van der Waals surface area (Å²) in [5.74, 6) is 1.97. The highest BCUT2D eigenvalue weighted by molar-refractivity contribution is 5.65. The molecule has 0 spiro atoms. The molecule has 0 aliphatic heterocycles. The standard InChI is InChI=1S/C19H22N4O4/c1-11(12(2)17-6-5-14(25-4)7-21-17)10-26-18-15(8-20-13(3)23-18)16-9-22-27-19(16)24/h5-9,11-12,22H,10H2,1-4H3/t11-,12+/m1/s1. The number of methoxy groups -OCH3 is 1. The lowest BCUT2D eigenvalue weighted by atomic mass is 9.93. The number of hydrogen-bond acceptors (Lipinski definition) is 7. The highest BCUT2D eigenvalue weighted by Crippen LogP contribution is 2.28. The predicted octanol–water partition coefficient (Wildman–Crippen LogP) is 2.96. The van der Waals surface area contributed by atoms with Crippen LogP contribution in [0.3, 0.4) is 0 Å². The highest BCUT2D eigenvalue weighted by Gasteiger charge is 2.20. The number of aromatic nitrogens is 4. The summed E-state index contributed by atoms with van der Waals surface area (Å²) in [4.78, 5) is 24.8. The Morgan fingerprint density at radius 2 is 2.00 bits per heavy atom. The summed E-state index contributed by atoms with van der Waals surface area (Å²) in [7, 11) is 1.61. The van der Waals surface area contributed by atoms with Gasteiger partial charge in [0.1, 0.15) is 11.6 Å². The lowest BCUT2D eigenvalue weighted by Gasteiger charge is -2.20. The van der Waals surface area contributed by atoms with Crippen LogP contribution in [0.15, 0.2) is 40.0 Å². The smallest absolute Gasteiger partial charge is 0.365 e. The van der Waals surface area contributed by atoms with Gasteiger partial charge in [-0.2, -0.15) is 4.98 Å². The summed E-state index contributed by atoms with van der Waals surface area (Å²) in [6.45, 7) is 6.35. The first kappa shape index (κ1) is 18.6. The summed E-state index contributed by atoms with van der Waals surface area (Å²) in [6.07, 6.45) is 4.74. The molecule has 2 atom stereocenters. The second-order valence-electron chi connectivity index (χ2n) is 6.40. The SMILES string of the molecule is COc1ccc([C@@H](C)[C@H](C)COc2nc(C)ncc2-c2c[nH]oc2=O)nc1. The van der Waals surface area contributed by atoms with Crippen LogP contribution in [0.5, 0.6) is 11.6 Å². The Morgan fingerprint density at radius 1 is 1.19 bits per heavy atom. The van der Waals surface area contributed by atoms with Crippen molar-refractivity contribution in [3.63, 3.8) is 0 Å². The summed E-state index contributed by atoms with van der Waals surface area (Å²) in [5.41, 5.74) is 1.30. The van der Waals surface area contributed by atoms with Crippen molar-refractivity contribution >= 4 is 0 Å². The zero-order valence-electron chi connectivity index (χ0n) is 15.7. The molecule has 0 radical (unpaired) electrons. The van der Waals surface area contributed by atoms with Crippen LogP contribution in [-0.2, 0) is 0 Å². The van der Waals surface area contributed by atoms with Gasteiger partial charge in [-0.3, -0.25) is 4.98 Å². The van der Waals surface area contributed by atoms with E-state index in [4.69, 9.17) is 14.0 Å². The van der Waals surface area contributed by atoms with Gasteiger partial charge in [0, 0.05) is 17.8 Å². The molecule has 1 N–H and O–H groups in total. The Hall–Kier alpha value is -3.16. The average molecular weight is 370 g/mol. The van der Waals surface area contributed by atoms with Crippen molar-refractivity contribution < 1.29 is 14.0 Å². The van der Waals surface area contributed by atoms with E-state index in [-0.39, 0.29) is 11.8 Å². The van der Waals surface area contributed by atoms with E-state index in [1.165, 1.54) is 6.20 Å². The fourth-order valence-corrected chi connectivity index (χ4v) is 2.62. The van der Waals surface area contributed by atoms with Crippen molar-refractivity contribution in [2.24, 2.45) is 5.92 Å². The third kappa shape index (κ3) is 4.16. The fraction of sp³-hybridized carbons (Fsp3) is 0.368. The maximum absolute atomic E-state index is 11.8. The van der Waals surface area contributed by atoms with Crippen LogP contribution >= 0.6 is 0 Å². The second kappa shape index (κ2) is 8.03. The Kier molecular flexibility index (Phi) is 5.54. The van der Waals surface area contributed by atoms with Gasteiger partial charge in [0.05, 0.1) is 37.2 Å². The number of pyridine rings is 1. The molecule has 27 heavy (non-hydrogen) atoms. The van der Waals surface area contributed by atoms with Gasteiger partial charge >= 0.3 is 5.63 Å². The molecular weight excluding hydrogens is 348 g/mol. The minimum Gasteiger partial charge on any atom is -0.495 e. The molecule has 3 aromatic rings. The number of nitrogens with one attached hydrogen (secondary N) is 1. The average Bonchev–Trinajstić information content (AvgIpc) is 3.11. The molecule has 3 aromatic heterocycles. The van der Waals surface area contributed by atoms with Crippen LogP contribution in [0.1, 0.15) is 31.3 Å². The number of hydrogen-bond donors (Lipinski definition) is 1. The van der Waals surface area contributed by atoms with Gasteiger partial charge < -0.3 is 14.0 Å². The zero-order chi connectivity index (χ0) is 19.4. The molecule has 0 saturated carbocycles. The molecule has 0 aromatic carbocycles. The molecule has 3 heterocycles. The number of aromatic amines is 1. The van der Waals surface area contributed by atoms with E-state index in [0.717, 1.165) is 11.4 Å². The molecule has 0 aliphatic carbocycles. The summed E-state index contributed by atoms with van der Waals surface area (Å²) >= 11 is 0. The van der Waals surface area contributed by atoms with Gasteiger partial charge in [0.2, 0.25) is 5.88 Å². The number of ether oxygens (including phenoxy) is 2. The van der Waals surface area contributed by atoms with Crippen molar-refractivity contribution in [1.82, 2.24) is 20.1 Å². The Balaban J connectivity index is 1.75. The van der Waals surface area contributed by atoms with Gasteiger partial charge in [-0.05, 0) is 25.0 Å². The van der Waals surface area contributed by atoms with E-state index < -0.39 is 5.63 Å².